The SMILES string of the molecule is COc1cc(-c2nc(N3CCC4(CC3)CC4)c(C(N)=O)cc2C(F)(F)F)ccn1. The van der Waals surface area contributed by atoms with E-state index >= 15 is 0 Å². The van der Waals surface area contributed by atoms with E-state index < -0.39 is 17.6 Å². The van der Waals surface area contributed by atoms with Gasteiger partial charge in [-0.3, -0.25) is 4.79 Å². The van der Waals surface area contributed by atoms with Gasteiger partial charge in [-0.05, 0) is 43.2 Å². The average molecular weight is 406 g/mol. The van der Waals surface area contributed by atoms with E-state index in [9.17, 15) is 18.0 Å². The number of hydrogen-bond acceptors (Lipinski definition) is 5. The van der Waals surface area contributed by atoms with Crippen LogP contribution in [0.4, 0.5) is 19.0 Å². The van der Waals surface area contributed by atoms with E-state index in [1.165, 1.54) is 38.3 Å². The van der Waals surface area contributed by atoms with Crippen LogP contribution in [0, 0.1) is 5.41 Å². The van der Waals surface area contributed by atoms with E-state index in [0.29, 0.717) is 18.5 Å². The second-order valence-electron chi connectivity index (χ2n) is 7.69. The van der Waals surface area contributed by atoms with Crippen LogP contribution in [0.2, 0.25) is 0 Å². The first kappa shape index (κ1) is 19.5. The van der Waals surface area contributed by atoms with Crippen molar-refractivity contribution >= 4 is 11.7 Å². The van der Waals surface area contributed by atoms with Crippen LogP contribution in [0.1, 0.15) is 41.6 Å². The smallest absolute Gasteiger partial charge is 0.418 e. The Morgan fingerprint density at radius 2 is 1.90 bits per heavy atom. The van der Waals surface area contributed by atoms with Crippen molar-refractivity contribution < 1.29 is 22.7 Å². The first-order valence-electron chi connectivity index (χ1n) is 9.40. The molecule has 2 aliphatic rings. The highest BCUT2D eigenvalue weighted by Crippen LogP contribution is 2.54. The topological polar surface area (TPSA) is 81.3 Å². The molecule has 0 bridgehead atoms. The fraction of sp³-hybridized carbons (Fsp3) is 0.450. The van der Waals surface area contributed by atoms with E-state index in [0.717, 1.165) is 18.9 Å². The molecule has 3 heterocycles. The summed E-state index contributed by atoms with van der Waals surface area (Å²) < 4.78 is 46.4. The lowest BCUT2D eigenvalue weighted by molar-refractivity contribution is -0.137. The number of primary amides is 1. The molecule has 4 rings (SSSR count). The number of carbonyl (C=O) groups excluding carboxylic acids is 1. The zero-order valence-electron chi connectivity index (χ0n) is 15.9. The number of rotatable bonds is 4. The number of alkyl halides is 3. The van der Waals surface area contributed by atoms with Crippen molar-refractivity contribution in [3.63, 3.8) is 0 Å². The van der Waals surface area contributed by atoms with Gasteiger partial charge in [0.15, 0.2) is 0 Å². The quantitative estimate of drug-likeness (QED) is 0.838. The molecule has 0 aromatic carbocycles. The molecule has 1 saturated heterocycles. The molecule has 2 aromatic heterocycles. The molecule has 0 unspecified atom stereocenters. The lowest BCUT2D eigenvalue weighted by Crippen LogP contribution is -2.36. The van der Waals surface area contributed by atoms with Crippen LogP contribution in [0.25, 0.3) is 11.3 Å². The summed E-state index contributed by atoms with van der Waals surface area (Å²) in [5, 5.41) is 0. The van der Waals surface area contributed by atoms with Crippen molar-refractivity contribution in [2.24, 2.45) is 11.1 Å². The molecular weight excluding hydrogens is 385 g/mol. The fourth-order valence-electron chi connectivity index (χ4n) is 3.90. The van der Waals surface area contributed by atoms with Gasteiger partial charge in [0, 0.05) is 30.9 Å². The van der Waals surface area contributed by atoms with E-state index in [2.05, 4.69) is 9.97 Å². The second kappa shape index (κ2) is 6.89. The Morgan fingerprint density at radius 3 is 2.45 bits per heavy atom. The number of ether oxygens (including phenoxy) is 1. The molecule has 0 radical (unpaired) electrons. The van der Waals surface area contributed by atoms with E-state index in [1.807, 2.05) is 4.90 Å². The van der Waals surface area contributed by atoms with E-state index in [1.54, 1.807) is 0 Å². The first-order valence-corrected chi connectivity index (χ1v) is 9.40. The number of carbonyl (C=O) groups is 1. The summed E-state index contributed by atoms with van der Waals surface area (Å²) in [6, 6.07) is 3.64. The lowest BCUT2D eigenvalue weighted by atomic mass is 9.93. The predicted molar refractivity (Wildman–Crippen MR) is 101 cm³/mol. The number of amides is 1. The Kier molecular flexibility index (Phi) is 4.63. The van der Waals surface area contributed by atoms with Crippen molar-refractivity contribution in [3.8, 4) is 17.1 Å². The van der Waals surface area contributed by atoms with Crippen molar-refractivity contribution in [2.45, 2.75) is 31.9 Å². The maximum atomic E-state index is 13.8. The molecule has 6 nitrogen and oxygen atoms in total. The summed E-state index contributed by atoms with van der Waals surface area (Å²) >= 11 is 0. The van der Waals surface area contributed by atoms with Gasteiger partial charge >= 0.3 is 6.18 Å². The Morgan fingerprint density at radius 1 is 1.21 bits per heavy atom. The molecule has 154 valence electrons. The van der Waals surface area contributed by atoms with Gasteiger partial charge in [0.1, 0.15) is 5.82 Å². The van der Waals surface area contributed by atoms with Crippen LogP contribution in [0.5, 0.6) is 5.88 Å². The first-order chi connectivity index (χ1) is 13.7. The number of pyridine rings is 2. The summed E-state index contributed by atoms with van der Waals surface area (Å²) in [7, 11) is 1.38. The maximum absolute atomic E-state index is 13.8. The van der Waals surface area contributed by atoms with Crippen LogP contribution in [-0.4, -0.2) is 36.1 Å². The Hall–Kier alpha value is -2.84. The highest BCUT2D eigenvalue weighted by atomic mass is 19.4. The van der Waals surface area contributed by atoms with Gasteiger partial charge in [-0.15, -0.1) is 0 Å². The van der Waals surface area contributed by atoms with Crippen LogP contribution < -0.4 is 15.4 Å². The van der Waals surface area contributed by atoms with Crippen molar-refractivity contribution in [1.82, 2.24) is 9.97 Å². The molecule has 0 atom stereocenters. The minimum atomic E-state index is -4.71. The number of halogens is 3. The molecule has 1 aliphatic carbocycles. The predicted octanol–water partition coefficient (Wildman–Crippen LogP) is 3.65. The molecule has 29 heavy (non-hydrogen) atoms. The molecule has 2 fully saturated rings. The van der Waals surface area contributed by atoms with Gasteiger partial charge in [0.2, 0.25) is 5.88 Å². The van der Waals surface area contributed by atoms with Crippen LogP contribution >= 0.6 is 0 Å². The van der Waals surface area contributed by atoms with E-state index in [-0.39, 0.29) is 28.5 Å². The molecule has 1 saturated carbocycles. The fourth-order valence-corrected chi connectivity index (χ4v) is 3.90. The summed E-state index contributed by atoms with van der Waals surface area (Å²) in [6.45, 7) is 1.27. The number of hydrogen-bond donors (Lipinski definition) is 1. The number of anilines is 1. The highest BCUT2D eigenvalue weighted by Gasteiger charge is 2.45. The molecule has 2 aromatic rings. The molecular formula is C20H21F3N4O2. The zero-order chi connectivity index (χ0) is 20.8. The third-order valence-electron chi connectivity index (χ3n) is 5.87. The molecule has 1 aliphatic heterocycles. The number of nitrogens with two attached hydrogens (primary N) is 1. The second-order valence-corrected chi connectivity index (χ2v) is 7.69. The minimum Gasteiger partial charge on any atom is -0.481 e. The van der Waals surface area contributed by atoms with Gasteiger partial charge < -0.3 is 15.4 Å². The van der Waals surface area contributed by atoms with Gasteiger partial charge in [0.05, 0.1) is 23.9 Å². The number of aromatic nitrogens is 2. The number of piperidine rings is 1. The van der Waals surface area contributed by atoms with Gasteiger partial charge in [-0.25, -0.2) is 9.97 Å². The Labute approximate surface area is 165 Å². The lowest BCUT2D eigenvalue weighted by Gasteiger charge is -2.34. The summed E-state index contributed by atoms with van der Waals surface area (Å²) in [4.78, 5) is 22.1. The summed E-state index contributed by atoms with van der Waals surface area (Å²) in [5.41, 5.74) is 4.51. The normalized spacial score (nSPS) is 18.0. The van der Waals surface area contributed by atoms with Gasteiger partial charge in [-0.1, -0.05) is 0 Å². The third kappa shape index (κ3) is 3.73. The molecule has 1 amide bonds. The highest BCUT2D eigenvalue weighted by molar-refractivity contribution is 5.98. The molecule has 1 spiro atoms. The minimum absolute atomic E-state index is 0.173. The van der Waals surface area contributed by atoms with Crippen molar-refractivity contribution in [1.29, 1.82) is 0 Å². The average Bonchev–Trinajstić information content (AvgIpc) is 3.45. The Balaban J connectivity index is 1.85. The van der Waals surface area contributed by atoms with Crippen LogP contribution in [-0.2, 0) is 6.18 Å². The third-order valence-corrected chi connectivity index (χ3v) is 5.87. The van der Waals surface area contributed by atoms with Crippen molar-refractivity contribution in [2.75, 3.05) is 25.1 Å². The zero-order valence-corrected chi connectivity index (χ0v) is 15.9. The monoisotopic (exact) mass is 406 g/mol. The van der Waals surface area contributed by atoms with Crippen LogP contribution in [0.3, 0.4) is 0 Å². The Bertz CT molecular complexity index is 947. The largest absolute Gasteiger partial charge is 0.481 e. The van der Waals surface area contributed by atoms with Gasteiger partial charge in [0.25, 0.3) is 5.91 Å². The summed E-state index contributed by atoms with van der Waals surface area (Å²) in [5.74, 6) is -0.554. The van der Waals surface area contributed by atoms with E-state index in [4.69, 9.17) is 10.5 Å². The standard InChI is InChI=1S/C20H21F3N4O2/c1-29-15-10-12(2-7-25-15)16-14(20(21,22)23)11-13(17(24)28)18(26-16)27-8-5-19(3-4-19)6-9-27/h2,7,10-11H,3-6,8-9H2,1H3,(H2,24,28). The number of nitrogens with zero attached hydrogens (tertiary/aromatic N) is 3. The maximum Gasteiger partial charge on any atom is 0.418 e. The molecule has 2 N–H and O–H groups in total. The molecule has 9 heteroatoms. The van der Waals surface area contributed by atoms with Crippen molar-refractivity contribution in [3.05, 3.63) is 35.5 Å². The van der Waals surface area contributed by atoms with Gasteiger partial charge in [-0.2, -0.15) is 13.2 Å². The summed E-state index contributed by atoms with van der Waals surface area (Å²) in [6.07, 6.45) is 0.896. The number of methoxy groups -OCH3 is 1. The van der Waals surface area contributed by atoms with Crippen LogP contribution in [0.15, 0.2) is 24.4 Å².